The second-order valence-electron chi connectivity index (χ2n) is 5.27. The number of nitrogens with one attached hydrogen (secondary N) is 1. The molecule has 0 saturated carbocycles. The normalized spacial score (nSPS) is 12.5. The molecule has 1 N–H and O–H groups in total. The van der Waals surface area contributed by atoms with Crippen LogP contribution in [0.15, 0.2) is 18.3 Å². The van der Waals surface area contributed by atoms with E-state index in [2.05, 4.69) is 49.2 Å². The van der Waals surface area contributed by atoms with Gasteiger partial charge in [0.15, 0.2) is 0 Å². The van der Waals surface area contributed by atoms with E-state index in [9.17, 15) is 0 Å². The van der Waals surface area contributed by atoms with E-state index in [1.165, 1.54) is 0 Å². The molecule has 98 valence electrons. The third kappa shape index (κ3) is 5.15. The fourth-order valence-corrected chi connectivity index (χ4v) is 1.98. The van der Waals surface area contributed by atoms with Crippen molar-refractivity contribution >= 4 is 5.82 Å². The van der Waals surface area contributed by atoms with Crippen LogP contribution >= 0.6 is 0 Å². The lowest BCUT2D eigenvalue weighted by atomic mass is 10.0. The van der Waals surface area contributed by atoms with Crippen LogP contribution in [0, 0.1) is 17.2 Å². The van der Waals surface area contributed by atoms with Crippen LogP contribution in [0.3, 0.4) is 0 Å². The van der Waals surface area contributed by atoms with Gasteiger partial charge in [-0.2, -0.15) is 5.26 Å². The molecule has 0 amide bonds. The molecule has 4 nitrogen and oxygen atoms in total. The second-order valence-corrected chi connectivity index (χ2v) is 5.27. The van der Waals surface area contributed by atoms with Crippen molar-refractivity contribution < 1.29 is 0 Å². The summed E-state index contributed by atoms with van der Waals surface area (Å²) in [5.74, 6) is 1.41. The standard InChI is InChI=1S/C14H22N4/c1-11(2)7-13(10-18(3)4)17-14-8-12(9-15)5-6-16-14/h5-6,8,11,13H,7,10H2,1-4H3,(H,16,17). The lowest BCUT2D eigenvalue weighted by Gasteiger charge is -2.24. The molecule has 0 radical (unpaired) electrons. The van der Waals surface area contributed by atoms with Crippen molar-refractivity contribution in [3.63, 3.8) is 0 Å². The summed E-state index contributed by atoms with van der Waals surface area (Å²) >= 11 is 0. The summed E-state index contributed by atoms with van der Waals surface area (Å²) in [4.78, 5) is 6.42. The molecule has 0 aromatic carbocycles. The first-order valence-electron chi connectivity index (χ1n) is 6.28. The highest BCUT2D eigenvalue weighted by atomic mass is 15.1. The first-order chi connectivity index (χ1) is 8.51. The maximum absolute atomic E-state index is 8.87. The quantitative estimate of drug-likeness (QED) is 0.837. The zero-order valence-electron chi connectivity index (χ0n) is 11.6. The Balaban J connectivity index is 2.72. The number of rotatable bonds is 6. The molecule has 0 aliphatic carbocycles. The van der Waals surface area contributed by atoms with E-state index in [0.717, 1.165) is 18.8 Å². The summed E-state index contributed by atoms with van der Waals surface area (Å²) in [5, 5.41) is 12.3. The Hall–Kier alpha value is -1.60. The van der Waals surface area contributed by atoms with Gasteiger partial charge in [0.25, 0.3) is 0 Å². The number of pyridine rings is 1. The fraction of sp³-hybridized carbons (Fsp3) is 0.571. The van der Waals surface area contributed by atoms with Crippen molar-refractivity contribution in [3.05, 3.63) is 23.9 Å². The molecule has 0 bridgehead atoms. The third-order valence-corrected chi connectivity index (χ3v) is 2.58. The van der Waals surface area contributed by atoms with Crippen LogP contribution in [0.4, 0.5) is 5.82 Å². The molecule has 0 saturated heterocycles. The molecule has 4 heteroatoms. The maximum atomic E-state index is 8.87. The average Bonchev–Trinajstić information content (AvgIpc) is 2.27. The van der Waals surface area contributed by atoms with Gasteiger partial charge in [-0.15, -0.1) is 0 Å². The summed E-state index contributed by atoms with van der Waals surface area (Å²) in [5.41, 5.74) is 0.639. The van der Waals surface area contributed by atoms with E-state index in [-0.39, 0.29) is 0 Å². The zero-order chi connectivity index (χ0) is 13.5. The van der Waals surface area contributed by atoms with Crippen LogP contribution < -0.4 is 5.32 Å². The fourth-order valence-electron chi connectivity index (χ4n) is 1.98. The third-order valence-electron chi connectivity index (χ3n) is 2.58. The molecule has 1 rings (SSSR count). The van der Waals surface area contributed by atoms with Crippen molar-refractivity contribution in [2.75, 3.05) is 26.0 Å². The number of nitriles is 1. The van der Waals surface area contributed by atoms with Gasteiger partial charge in [-0.05, 0) is 38.6 Å². The van der Waals surface area contributed by atoms with Crippen molar-refractivity contribution in [1.82, 2.24) is 9.88 Å². The second kappa shape index (κ2) is 6.97. The van der Waals surface area contributed by atoms with Crippen LogP contribution in [-0.2, 0) is 0 Å². The first kappa shape index (κ1) is 14.5. The number of hydrogen-bond donors (Lipinski definition) is 1. The van der Waals surface area contributed by atoms with Gasteiger partial charge >= 0.3 is 0 Å². The number of hydrogen-bond acceptors (Lipinski definition) is 4. The first-order valence-corrected chi connectivity index (χ1v) is 6.28. The lowest BCUT2D eigenvalue weighted by molar-refractivity contribution is 0.356. The Morgan fingerprint density at radius 1 is 1.44 bits per heavy atom. The van der Waals surface area contributed by atoms with Crippen LogP contribution in [0.5, 0.6) is 0 Å². The number of aromatic nitrogens is 1. The van der Waals surface area contributed by atoms with E-state index in [0.29, 0.717) is 17.5 Å². The maximum Gasteiger partial charge on any atom is 0.127 e. The summed E-state index contributed by atoms with van der Waals surface area (Å²) in [6, 6.07) is 5.99. The van der Waals surface area contributed by atoms with Gasteiger partial charge in [0, 0.05) is 18.8 Å². The molecule has 1 atom stereocenters. The molecule has 0 fully saturated rings. The SMILES string of the molecule is CC(C)CC(CN(C)C)Nc1cc(C#N)ccn1. The van der Waals surface area contributed by atoms with Gasteiger partial charge in [0.1, 0.15) is 5.82 Å². The average molecular weight is 246 g/mol. The summed E-state index contributed by atoms with van der Waals surface area (Å²) in [6.07, 6.45) is 2.75. The Morgan fingerprint density at radius 3 is 2.72 bits per heavy atom. The largest absolute Gasteiger partial charge is 0.366 e. The Bertz CT molecular complexity index is 397. The zero-order valence-corrected chi connectivity index (χ0v) is 11.6. The molecule has 0 spiro atoms. The van der Waals surface area contributed by atoms with Gasteiger partial charge in [-0.3, -0.25) is 0 Å². The summed E-state index contributed by atoms with van der Waals surface area (Å²) < 4.78 is 0. The highest BCUT2D eigenvalue weighted by molar-refractivity contribution is 5.43. The smallest absolute Gasteiger partial charge is 0.127 e. The van der Waals surface area contributed by atoms with E-state index in [1.54, 1.807) is 18.3 Å². The van der Waals surface area contributed by atoms with Gasteiger partial charge in [-0.25, -0.2) is 4.98 Å². The number of anilines is 1. The molecular formula is C14H22N4. The molecule has 1 aromatic heterocycles. The van der Waals surface area contributed by atoms with E-state index in [4.69, 9.17) is 5.26 Å². The van der Waals surface area contributed by atoms with Crippen molar-refractivity contribution in [2.45, 2.75) is 26.3 Å². The summed E-state index contributed by atoms with van der Waals surface area (Å²) in [6.45, 7) is 5.38. The Labute approximate surface area is 110 Å². The minimum atomic E-state index is 0.349. The highest BCUT2D eigenvalue weighted by Crippen LogP contribution is 2.12. The molecular weight excluding hydrogens is 224 g/mol. The van der Waals surface area contributed by atoms with Gasteiger partial charge in [-0.1, -0.05) is 13.8 Å². The van der Waals surface area contributed by atoms with E-state index >= 15 is 0 Å². The lowest BCUT2D eigenvalue weighted by Crippen LogP contribution is -2.33. The van der Waals surface area contributed by atoms with Gasteiger partial charge in [0.05, 0.1) is 11.6 Å². The van der Waals surface area contributed by atoms with Crippen LogP contribution in [0.2, 0.25) is 0 Å². The molecule has 18 heavy (non-hydrogen) atoms. The number of likely N-dealkylation sites (N-methyl/N-ethyl adjacent to an activating group) is 1. The molecule has 1 unspecified atom stereocenters. The minimum Gasteiger partial charge on any atom is -0.366 e. The predicted octanol–water partition coefficient (Wildman–Crippen LogP) is 2.34. The summed E-state index contributed by atoms with van der Waals surface area (Å²) in [7, 11) is 4.13. The Kier molecular flexibility index (Phi) is 5.60. The molecule has 0 aliphatic heterocycles. The molecule has 1 heterocycles. The minimum absolute atomic E-state index is 0.349. The predicted molar refractivity (Wildman–Crippen MR) is 74.4 cm³/mol. The van der Waals surface area contributed by atoms with E-state index in [1.807, 2.05) is 0 Å². The number of nitrogens with zero attached hydrogens (tertiary/aromatic N) is 3. The van der Waals surface area contributed by atoms with Crippen LogP contribution in [0.1, 0.15) is 25.8 Å². The van der Waals surface area contributed by atoms with Crippen molar-refractivity contribution in [1.29, 1.82) is 5.26 Å². The van der Waals surface area contributed by atoms with Crippen LogP contribution in [0.25, 0.3) is 0 Å². The van der Waals surface area contributed by atoms with Gasteiger partial charge in [0.2, 0.25) is 0 Å². The van der Waals surface area contributed by atoms with Crippen molar-refractivity contribution in [3.8, 4) is 6.07 Å². The molecule has 1 aromatic rings. The Morgan fingerprint density at radius 2 is 2.17 bits per heavy atom. The highest BCUT2D eigenvalue weighted by Gasteiger charge is 2.12. The van der Waals surface area contributed by atoms with E-state index < -0.39 is 0 Å². The topological polar surface area (TPSA) is 52.0 Å². The van der Waals surface area contributed by atoms with Crippen molar-refractivity contribution in [2.24, 2.45) is 5.92 Å². The molecule has 0 aliphatic rings. The van der Waals surface area contributed by atoms with Crippen LogP contribution in [-0.4, -0.2) is 36.6 Å². The monoisotopic (exact) mass is 246 g/mol. The van der Waals surface area contributed by atoms with Gasteiger partial charge < -0.3 is 10.2 Å².